The van der Waals surface area contributed by atoms with Crippen LogP contribution in [0.3, 0.4) is 0 Å². The van der Waals surface area contributed by atoms with E-state index in [9.17, 15) is 0 Å². The number of anilines is 1. The van der Waals surface area contributed by atoms with Gasteiger partial charge in [0.15, 0.2) is 0 Å². The highest BCUT2D eigenvalue weighted by Crippen LogP contribution is 2.23. The molecule has 2 N–H and O–H groups in total. The third kappa shape index (κ3) is 3.20. The highest BCUT2D eigenvalue weighted by atomic mass is 15.3. The maximum atomic E-state index is 6.24. The molecule has 1 fully saturated rings. The molecular weight excluding hydrogens is 258 g/mol. The summed E-state index contributed by atoms with van der Waals surface area (Å²) in [5, 5.41) is 2.51. The zero-order valence-electron chi connectivity index (χ0n) is 13.0. The Bertz CT molecular complexity index is 613. The summed E-state index contributed by atoms with van der Waals surface area (Å²) in [7, 11) is 0. The quantitative estimate of drug-likeness (QED) is 0.879. The maximum Gasteiger partial charge on any atom is 0.0366 e. The fourth-order valence-electron chi connectivity index (χ4n) is 3.12. The van der Waals surface area contributed by atoms with E-state index in [1.54, 1.807) is 0 Å². The second-order valence-electron chi connectivity index (χ2n) is 6.30. The van der Waals surface area contributed by atoms with E-state index in [0.717, 1.165) is 38.4 Å². The van der Waals surface area contributed by atoms with Gasteiger partial charge < -0.3 is 5.73 Å². The molecule has 112 valence electrons. The zero-order chi connectivity index (χ0) is 14.8. The second kappa shape index (κ2) is 6.04. The van der Waals surface area contributed by atoms with Crippen molar-refractivity contribution in [1.29, 1.82) is 0 Å². The van der Waals surface area contributed by atoms with Crippen molar-refractivity contribution in [2.75, 3.05) is 31.9 Å². The number of nitrogens with zero attached hydrogens (tertiary/aromatic N) is 2. The van der Waals surface area contributed by atoms with Crippen LogP contribution in [0, 0.1) is 0 Å². The normalized spacial score (nSPS) is 17.7. The van der Waals surface area contributed by atoms with E-state index >= 15 is 0 Å². The van der Waals surface area contributed by atoms with Crippen molar-refractivity contribution in [2.24, 2.45) is 0 Å². The molecule has 1 saturated heterocycles. The lowest BCUT2D eigenvalue weighted by Crippen LogP contribution is -2.48. The summed E-state index contributed by atoms with van der Waals surface area (Å²) in [5.41, 5.74) is 8.42. The molecular formula is C18H25N3. The minimum atomic E-state index is 0.651. The van der Waals surface area contributed by atoms with Crippen molar-refractivity contribution in [3.05, 3.63) is 42.0 Å². The van der Waals surface area contributed by atoms with Crippen molar-refractivity contribution in [2.45, 2.75) is 26.4 Å². The molecule has 2 aromatic carbocycles. The van der Waals surface area contributed by atoms with Crippen LogP contribution >= 0.6 is 0 Å². The van der Waals surface area contributed by atoms with Gasteiger partial charge >= 0.3 is 0 Å². The van der Waals surface area contributed by atoms with Gasteiger partial charge in [-0.2, -0.15) is 0 Å². The molecule has 0 amide bonds. The predicted octanol–water partition coefficient (Wildman–Crippen LogP) is 2.95. The first-order chi connectivity index (χ1) is 10.1. The van der Waals surface area contributed by atoms with Gasteiger partial charge in [-0.1, -0.05) is 24.3 Å². The molecule has 3 rings (SSSR count). The summed E-state index contributed by atoms with van der Waals surface area (Å²) >= 11 is 0. The Hall–Kier alpha value is -1.58. The van der Waals surface area contributed by atoms with Gasteiger partial charge in [-0.3, -0.25) is 9.80 Å². The van der Waals surface area contributed by atoms with Gasteiger partial charge in [-0.15, -0.1) is 0 Å². The topological polar surface area (TPSA) is 32.5 Å². The largest absolute Gasteiger partial charge is 0.398 e. The summed E-state index contributed by atoms with van der Waals surface area (Å²) in [6, 6.07) is 13.4. The number of hydrogen-bond donors (Lipinski definition) is 1. The number of rotatable bonds is 3. The third-order valence-corrected chi connectivity index (χ3v) is 4.54. The Morgan fingerprint density at radius 1 is 1.00 bits per heavy atom. The Labute approximate surface area is 127 Å². The molecule has 1 aliphatic rings. The maximum absolute atomic E-state index is 6.24. The Balaban J connectivity index is 1.72. The molecule has 0 aliphatic carbocycles. The van der Waals surface area contributed by atoms with Gasteiger partial charge in [0.05, 0.1) is 0 Å². The number of hydrogen-bond acceptors (Lipinski definition) is 3. The van der Waals surface area contributed by atoms with Crippen LogP contribution in [-0.2, 0) is 6.54 Å². The van der Waals surface area contributed by atoms with Crippen LogP contribution < -0.4 is 5.73 Å². The van der Waals surface area contributed by atoms with Crippen molar-refractivity contribution in [3.63, 3.8) is 0 Å². The van der Waals surface area contributed by atoms with Gasteiger partial charge in [-0.05, 0) is 42.3 Å². The Morgan fingerprint density at radius 2 is 1.62 bits per heavy atom. The molecule has 3 heteroatoms. The fraction of sp³-hybridized carbons (Fsp3) is 0.444. The van der Waals surface area contributed by atoms with E-state index in [1.807, 2.05) is 0 Å². The van der Waals surface area contributed by atoms with Crippen molar-refractivity contribution in [3.8, 4) is 0 Å². The van der Waals surface area contributed by atoms with E-state index in [2.05, 4.69) is 60.0 Å². The molecule has 0 atom stereocenters. The van der Waals surface area contributed by atoms with Crippen molar-refractivity contribution in [1.82, 2.24) is 9.80 Å². The van der Waals surface area contributed by atoms with Gasteiger partial charge in [0, 0.05) is 44.5 Å². The van der Waals surface area contributed by atoms with Gasteiger partial charge in [0.1, 0.15) is 0 Å². The molecule has 0 bridgehead atoms. The van der Waals surface area contributed by atoms with E-state index in [4.69, 9.17) is 5.73 Å². The Kier molecular flexibility index (Phi) is 4.13. The molecule has 0 unspecified atom stereocenters. The summed E-state index contributed by atoms with van der Waals surface area (Å²) in [6.45, 7) is 10.1. The van der Waals surface area contributed by atoms with Crippen LogP contribution in [0.2, 0.25) is 0 Å². The SMILES string of the molecule is CC(C)N1CCN(Cc2cc3ccccc3cc2N)CC1. The molecule has 0 saturated carbocycles. The third-order valence-electron chi connectivity index (χ3n) is 4.54. The molecule has 0 radical (unpaired) electrons. The highest BCUT2D eigenvalue weighted by molar-refractivity contribution is 5.86. The number of nitrogens with two attached hydrogens (primary N) is 1. The first-order valence-electron chi connectivity index (χ1n) is 7.87. The molecule has 2 aromatic rings. The van der Waals surface area contributed by atoms with Crippen LogP contribution in [0.1, 0.15) is 19.4 Å². The van der Waals surface area contributed by atoms with Crippen LogP contribution in [0.25, 0.3) is 10.8 Å². The second-order valence-corrected chi connectivity index (χ2v) is 6.30. The zero-order valence-corrected chi connectivity index (χ0v) is 13.0. The van der Waals surface area contributed by atoms with Gasteiger partial charge in [0.25, 0.3) is 0 Å². The number of nitrogen functional groups attached to an aromatic ring is 1. The first kappa shape index (κ1) is 14.4. The molecule has 0 aromatic heterocycles. The number of piperazine rings is 1. The number of fused-ring (bicyclic) bond motifs is 1. The highest BCUT2D eigenvalue weighted by Gasteiger charge is 2.19. The fourth-order valence-corrected chi connectivity index (χ4v) is 3.12. The standard InChI is InChI=1S/C18H25N3/c1-14(2)21-9-7-20(8-10-21)13-17-11-15-5-3-4-6-16(15)12-18(17)19/h3-6,11-12,14H,7-10,13,19H2,1-2H3. The van der Waals surface area contributed by atoms with Crippen LogP contribution in [0.5, 0.6) is 0 Å². The lowest BCUT2D eigenvalue weighted by Gasteiger charge is -2.37. The van der Waals surface area contributed by atoms with Crippen molar-refractivity contribution < 1.29 is 0 Å². The first-order valence-corrected chi connectivity index (χ1v) is 7.87. The number of benzene rings is 2. The average molecular weight is 283 g/mol. The van der Waals surface area contributed by atoms with Crippen LogP contribution in [0.15, 0.2) is 36.4 Å². The summed E-state index contributed by atoms with van der Waals surface area (Å²) in [4.78, 5) is 5.06. The van der Waals surface area contributed by atoms with E-state index < -0.39 is 0 Å². The summed E-state index contributed by atoms with van der Waals surface area (Å²) in [5.74, 6) is 0. The molecule has 1 heterocycles. The monoisotopic (exact) mass is 283 g/mol. The van der Waals surface area contributed by atoms with Gasteiger partial charge in [0.2, 0.25) is 0 Å². The van der Waals surface area contributed by atoms with Crippen LogP contribution in [-0.4, -0.2) is 42.0 Å². The summed E-state index contributed by atoms with van der Waals surface area (Å²) < 4.78 is 0. The van der Waals surface area contributed by atoms with E-state index in [1.165, 1.54) is 16.3 Å². The molecule has 0 spiro atoms. The van der Waals surface area contributed by atoms with Gasteiger partial charge in [-0.25, -0.2) is 0 Å². The molecule has 3 nitrogen and oxygen atoms in total. The lowest BCUT2D eigenvalue weighted by molar-refractivity contribution is 0.104. The molecule has 1 aliphatic heterocycles. The summed E-state index contributed by atoms with van der Waals surface area (Å²) in [6.07, 6.45) is 0. The average Bonchev–Trinajstić information content (AvgIpc) is 2.48. The predicted molar refractivity (Wildman–Crippen MR) is 90.3 cm³/mol. The van der Waals surface area contributed by atoms with Crippen molar-refractivity contribution >= 4 is 16.5 Å². The molecule has 21 heavy (non-hydrogen) atoms. The minimum absolute atomic E-state index is 0.651. The van der Waals surface area contributed by atoms with E-state index in [0.29, 0.717) is 6.04 Å². The minimum Gasteiger partial charge on any atom is -0.398 e. The Morgan fingerprint density at radius 3 is 2.24 bits per heavy atom. The smallest absolute Gasteiger partial charge is 0.0366 e. The van der Waals surface area contributed by atoms with Crippen LogP contribution in [0.4, 0.5) is 5.69 Å². The lowest BCUT2D eigenvalue weighted by atomic mass is 10.0. The van der Waals surface area contributed by atoms with E-state index in [-0.39, 0.29) is 0 Å².